The Kier molecular flexibility index (Phi) is 4.81. The Morgan fingerprint density at radius 3 is 2.68 bits per heavy atom. The van der Waals surface area contributed by atoms with Gasteiger partial charge in [-0.3, -0.25) is 9.48 Å². The SMILES string of the molecule is Cc1nn(C)c(C)c1OCC(=O)NCc1ccc(C(=O)O)s1. The van der Waals surface area contributed by atoms with Gasteiger partial charge in [0.05, 0.1) is 12.2 Å². The quantitative estimate of drug-likeness (QED) is 0.840. The number of carboxylic acid groups (broad SMARTS) is 1. The summed E-state index contributed by atoms with van der Waals surface area (Å²) < 4.78 is 7.19. The second kappa shape index (κ2) is 6.61. The Hall–Kier alpha value is -2.35. The highest BCUT2D eigenvalue weighted by molar-refractivity contribution is 7.13. The summed E-state index contributed by atoms with van der Waals surface area (Å²) in [4.78, 5) is 23.6. The monoisotopic (exact) mass is 323 g/mol. The molecule has 0 aromatic carbocycles. The van der Waals surface area contributed by atoms with E-state index >= 15 is 0 Å². The molecule has 22 heavy (non-hydrogen) atoms. The van der Waals surface area contributed by atoms with Crippen molar-refractivity contribution < 1.29 is 19.4 Å². The Morgan fingerprint density at radius 2 is 2.14 bits per heavy atom. The van der Waals surface area contributed by atoms with E-state index in [0.29, 0.717) is 5.75 Å². The third-order valence-corrected chi connectivity index (χ3v) is 4.20. The number of thiophene rings is 1. The molecule has 2 N–H and O–H groups in total. The Bertz CT molecular complexity index is 705. The largest absolute Gasteiger partial charge is 0.480 e. The number of carbonyl (C=O) groups excluding carboxylic acids is 1. The lowest BCUT2D eigenvalue weighted by atomic mass is 10.3. The molecule has 0 aliphatic rings. The Labute approximate surface area is 131 Å². The summed E-state index contributed by atoms with van der Waals surface area (Å²) in [7, 11) is 1.81. The van der Waals surface area contributed by atoms with E-state index in [1.807, 2.05) is 20.9 Å². The van der Waals surface area contributed by atoms with Crippen LogP contribution >= 0.6 is 11.3 Å². The molecule has 2 heterocycles. The average Bonchev–Trinajstić information content (AvgIpc) is 3.02. The number of carboxylic acids is 1. The minimum Gasteiger partial charge on any atom is -0.480 e. The summed E-state index contributed by atoms with van der Waals surface area (Å²) in [5, 5.41) is 15.7. The first-order chi connectivity index (χ1) is 10.4. The lowest BCUT2D eigenvalue weighted by Gasteiger charge is -2.07. The molecule has 2 rings (SSSR count). The molecule has 2 aromatic rings. The van der Waals surface area contributed by atoms with Crippen LogP contribution in [-0.2, 0) is 18.4 Å². The van der Waals surface area contributed by atoms with Gasteiger partial charge in [0, 0.05) is 11.9 Å². The molecule has 0 atom stereocenters. The van der Waals surface area contributed by atoms with Crippen LogP contribution in [0.1, 0.15) is 25.9 Å². The van der Waals surface area contributed by atoms with Crippen molar-refractivity contribution >= 4 is 23.2 Å². The zero-order chi connectivity index (χ0) is 16.3. The summed E-state index contributed by atoms with van der Waals surface area (Å²) in [6, 6.07) is 3.21. The number of rotatable bonds is 6. The van der Waals surface area contributed by atoms with E-state index in [2.05, 4.69) is 10.4 Å². The van der Waals surface area contributed by atoms with Crippen LogP contribution in [0.25, 0.3) is 0 Å². The van der Waals surface area contributed by atoms with Crippen molar-refractivity contribution in [2.75, 3.05) is 6.61 Å². The normalized spacial score (nSPS) is 10.5. The number of nitrogens with zero attached hydrogens (tertiary/aromatic N) is 2. The van der Waals surface area contributed by atoms with E-state index in [4.69, 9.17) is 9.84 Å². The standard InChI is InChI=1S/C14H17N3O4S/c1-8-13(9(2)17(3)16-8)21-7-12(18)15-6-10-4-5-11(22-10)14(19)20/h4-5H,6-7H2,1-3H3,(H,15,18)(H,19,20). The van der Waals surface area contributed by atoms with Crippen LogP contribution in [-0.4, -0.2) is 33.4 Å². The van der Waals surface area contributed by atoms with E-state index in [1.54, 1.807) is 10.7 Å². The third-order valence-electron chi connectivity index (χ3n) is 3.12. The zero-order valence-electron chi connectivity index (χ0n) is 12.5. The van der Waals surface area contributed by atoms with Crippen LogP contribution in [0.2, 0.25) is 0 Å². The summed E-state index contributed by atoms with van der Waals surface area (Å²) in [6.45, 7) is 3.86. The van der Waals surface area contributed by atoms with Crippen molar-refractivity contribution in [3.63, 3.8) is 0 Å². The fourth-order valence-electron chi connectivity index (χ4n) is 1.93. The van der Waals surface area contributed by atoms with Crippen LogP contribution in [0.4, 0.5) is 0 Å². The topological polar surface area (TPSA) is 93.5 Å². The fourth-order valence-corrected chi connectivity index (χ4v) is 2.71. The van der Waals surface area contributed by atoms with Crippen molar-refractivity contribution in [3.05, 3.63) is 33.3 Å². The summed E-state index contributed by atoms with van der Waals surface area (Å²) in [5.41, 5.74) is 1.59. The number of aryl methyl sites for hydroxylation is 2. The van der Waals surface area contributed by atoms with Crippen LogP contribution in [0.5, 0.6) is 5.75 Å². The van der Waals surface area contributed by atoms with Crippen molar-refractivity contribution in [2.24, 2.45) is 7.05 Å². The predicted octanol–water partition coefficient (Wildman–Crippen LogP) is 1.49. The summed E-state index contributed by atoms with van der Waals surface area (Å²) >= 11 is 1.14. The Balaban J connectivity index is 1.84. The summed E-state index contributed by atoms with van der Waals surface area (Å²) in [5.74, 6) is -0.622. The van der Waals surface area contributed by atoms with Crippen LogP contribution in [0.15, 0.2) is 12.1 Å². The van der Waals surface area contributed by atoms with Gasteiger partial charge in [-0.2, -0.15) is 5.10 Å². The maximum atomic E-state index is 11.8. The lowest BCUT2D eigenvalue weighted by Crippen LogP contribution is -2.28. The highest BCUT2D eigenvalue weighted by Gasteiger charge is 2.13. The second-order valence-electron chi connectivity index (χ2n) is 4.76. The molecule has 2 aromatic heterocycles. The van der Waals surface area contributed by atoms with Gasteiger partial charge >= 0.3 is 5.97 Å². The van der Waals surface area contributed by atoms with Crippen molar-refractivity contribution in [3.8, 4) is 5.75 Å². The minimum atomic E-state index is -0.964. The van der Waals surface area contributed by atoms with Gasteiger partial charge in [-0.05, 0) is 26.0 Å². The summed E-state index contributed by atoms with van der Waals surface area (Å²) in [6.07, 6.45) is 0. The third kappa shape index (κ3) is 3.64. The molecule has 0 bridgehead atoms. The smallest absolute Gasteiger partial charge is 0.345 e. The number of aromatic carboxylic acids is 1. The number of amides is 1. The highest BCUT2D eigenvalue weighted by Crippen LogP contribution is 2.21. The van der Waals surface area contributed by atoms with Crippen molar-refractivity contribution in [1.82, 2.24) is 15.1 Å². The molecule has 8 heteroatoms. The van der Waals surface area contributed by atoms with Gasteiger partial charge in [0.1, 0.15) is 10.6 Å². The first-order valence-corrected chi connectivity index (χ1v) is 7.42. The molecule has 0 unspecified atom stereocenters. The van der Waals surface area contributed by atoms with E-state index in [1.165, 1.54) is 6.07 Å². The molecule has 0 aliphatic heterocycles. The number of nitrogens with one attached hydrogen (secondary N) is 1. The predicted molar refractivity (Wildman–Crippen MR) is 81.3 cm³/mol. The van der Waals surface area contributed by atoms with Gasteiger partial charge in [-0.1, -0.05) is 0 Å². The molecule has 0 saturated heterocycles. The van der Waals surface area contributed by atoms with Gasteiger partial charge in [-0.25, -0.2) is 4.79 Å². The molecule has 0 spiro atoms. The number of ether oxygens (including phenoxy) is 1. The lowest BCUT2D eigenvalue weighted by molar-refractivity contribution is -0.123. The molecule has 7 nitrogen and oxygen atoms in total. The average molecular weight is 323 g/mol. The molecular formula is C14H17N3O4S. The van der Waals surface area contributed by atoms with Crippen molar-refractivity contribution in [1.29, 1.82) is 0 Å². The molecule has 1 amide bonds. The van der Waals surface area contributed by atoms with Crippen LogP contribution in [0, 0.1) is 13.8 Å². The number of hydrogen-bond acceptors (Lipinski definition) is 5. The molecular weight excluding hydrogens is 306 g/mol. The van der Waals surface area contributed by atoms with Gasteiger partial charge < -0.3 is 15.2 Å². The van der Waals surface area contributed by atoms with Crippen LogP contribution < -0.4 is 10.1 Å². The van der Waals surface area contributed by atoms with Gasteiger partial charge in [-0.15, -0.1) is 11.3 Å². The van der Waals surface area contributed by atoms with Gasteiger partial charge in [0.2, 0.25) is 0 Å². The van der Waals surface area contributed by atoms with Gasteiger partial charge in [0.25, 0.3) is 5.91 Å². The number of aromatic nitrogens is 2. The maximum Gasteiger partial charge on any atom is 0.345 e. The Morgan fingerprint density at radius 1 is 1.41 bits per heavy atom. The fraction of sp³-hybridized carbons (Fsp3) is 0.357. The molecule has 0 fully saturated rings. The number of hydrogen-bond donors (Lipinski definition) is 2. The molecule has 0 aliphatic carbocycles. The maximum absolute atomic E-state index is 11.8. The zero-order valence-corrected chi connectivity index (χ0v) is 13.4. The molecule has 0 radical (unpaired) electrons. The van der Waals surface area contributed by atoms with Crippen LogP contribution in [0.3, 0.4) is 0 Å². The number of carbonyl (C=O) groups is 2. The molecule has 118 valence electrons. The molecule has 0 saturated carbocycles. The first-order valence-electron chi connectivity index (χ1n) is 6.60. The van der Waals surface area contributed by atoms with Crippen molar-refractivity contribution in [2.45, 2.75) is 20.4 Å². The van der Waals surface area contributed by atoms with E-state index in [0.717, 1.165) is 27.6 Å². The van der Waals surface area contributed by atoms with E-state index < -0.39 is 5.97 Å². The van der Waals surface area contributed by atoms with Gasteiger partial charge in [0.15, 0.2) is 12.4 Å². The first kappa shape index (κ1) is 16.0. The minimum absolute atomic E-state index is 0.107. The highest BCUT2D eigenvalue weighted by atomic mass is 32.1. The second-order valence-corrected chi connectivity index (χ2v) is 5.93. The van der Waals surface area contributed by atoms with E-state index in [9.17, 15) is 9.59 Å². The van der Waals surface area contributed by atoms with E-state index in [-0.39, 0.29) is 23.9 Å².